The Labute approximate surface area is 379 Å². The van der Waals surface area contributed by atoms with Gasteiger partial charge in [0.1, 0.15) is 0 Å². The highest BCUT2D eigenvalue weighted by Crippen LogP contribution is 2.57. The lowest BCUT2D eigenvalue weighted by atomic mass is 9.67. The van der Waals surface area contributed by atoms with Gasteiger partial charge in [0, 0.05) is 16.7 Å². The normalized spacial score (nSPS) is 12.4. The monoisotopic (exact) mass is 826 g/mol. The maximum Gasteiger partial charge on any atom is 0.160 e. The van der Waals surface area contributed by atoms with Crippen LogP contribution in [-0.4, -0.2) is 9.97 Å². The summed E-state index contributed by atoms with van der Waals surface area (Å²) >= 11 is 0. The average molecular weight is 827 g/mol. The number of benzene rings is 10. The molecular weight excluding hydrogens is 785 g/mol. The molecule has 2 heteroatoms. The highest BCUT2D eigenvalue weighted by Gasteiger charge is 2.46. The molecule has 0 bridgehead atoms. The number of hydrogen-bond acceptors (Lipinski definition) is 2. The molecule has 1 heterocycles. The Morgan fingerprint density at radius 3 is 1.22 bits per heavy atom. The summed E-state index contributed by atoms with van der Waals surface area (Å²) in [5.41, 5.74) is 19.0. The van der Waals surface area contributed by atoms with Crippen LogP contribution in [0.3, 0.4) is 0 Å². The summed E-state index contributed by atoms with van der Waals surface area (Å²) in [6, 6.07) is 92.1. The number of rotatable bonds is 8. The van der Waals surface area contributed by atoms with Crippen LogP contribution < -0.4 is 0 Å². The van der Waals surface area contributed by atoms with E-state index in [4.69, 9.17) is 9.97 Å². The number of nitrogens with zero attached hydrogens (tertiary/aromatic N) is 2. The molecule has 1 aromatic heterocycles. The maximum absolute atomic E-state index is 5.29. The Kier molecular flexibility index (Phi) is 9.43. The van der Waals surface area contributed by atoms with E-state index in [0.29, 0.717) is 5.82 Å². The molecule has 10 aromatic carbocycles. The molecule has 0 radical (unpaired) electrons. The predicted octanol–water partition coefficient (Wildman–Crippen LogP) is 16.0. The zero-order valence-electron chi connectivity index (χ0n) is 35.6. The van der Waals surface area contributed by atoms with Gasteiger partial charge in [-0.05, 0) is 95.7 Å². The second-order valence-corrected chi connectivity index (χ2v) is 16.8. The quantitative estimate of drug-likeness (QED) is 0.152. The van der Waals surface area contributed by atoms with Gasteiger partial charge < -0.3 is 0 Å². The van der Waals surface area contributed by atoms with Gasteiger partial charge in [0.15, 0.2) is 5.82 Å². The molecule has 0 amide bonds. The molecule has 12 rings (SSSR count). The standard InChI is InChI=1S/C63H42N2/c1-6-18-43(19-7-1)45-30-32-46(33-31-45)60-42-61(65-62(64-60)47-22-10-3-11-23-47)57-39-38-52(53-28-16-17-29-54(53)57)49-35-37-56-55-36-34-48(44-20-8-2-9-21-44)40-58(55)63(59(56)41-49,50-24-12-4-13-25-50)51-26-14-5-15-27-51/h1-42H. The van der Waals surface area contributed by atoms with Gasteiger partial charge in [-0.25, -0.2) is 9.97 Å². The van der Waals surface area contributed by atoms with E-state index in [9.17, 15) is 0 Å². The Hall–Kier alpha value is -8.46. The molecule has 0 spiro atoms. The molecule has 0 unspecified atom stereocenters. The molecule has 1 aliphatic carbocycles. The van der Waals surface area contributed by atoms with Gasteiger partial charge in [0.2, 0.25) is 0 Å². The van der Waals surface area contributed by atoms with Gasteiger partial charge in [-0.1, -0.05) is 237 Å². The van der Waals surface area contributed by atoms with E-state index in [2.05, 4.69) is 237 Å². The van der Waals surface area contributed by atoms with Crippen molar-refractivity contribution in [2.45, 2.75) is 5.41 Å². The number of hydrogen-bond donors (Lipinski definition) is 0. The number of aromatic nitrogens is 2. The van der Waals surface area contributed by atoms with E-state index >= 15 is 0 Å². The van der Waals surface area contributed by atoms with E-state index in [-0.39, 0.29) is 0 Å². The third kappa shape index (κ3) is 6.58. The van der Waals surface area contributed by atoms with Gasteiger partial charge in [0.25, 0.3) is 0 Å². The highest BCUT2D eigenvalue weighted by molar-refractivity contribution is 6.05. The van der Waals surface area contributed by atoms with E-state index < -0.39 is 5.41 Å². The molecule has 0 fully saturated rings. The van der Waals surface area contributed by atoms with Crippen molar-refractivity contribution >= 4 is 10.8 Å². The molecule has 11 aromatic rings. The zero-order valence-corrected chi connectivity index (χ0v) is 35.6. The van der Waals surface area contributed by atoms with Gasteiger partial charge >= 0.3 is 0 Å². The fourth-order valence-electron chi connectivity index (χ4n) is 10.2. The van der Waals surface area contributed by atoms with Gasteiger partial charge in [-0.3, -0.25) is 0 Å². The second-order valence-electron chi connectivity index (χ2n) is 16.8. The smallest absolute Gasteiger partial charge is 0.160 e. The third-order valence-corrected chi connectivity index (χ3v) is 13.2. The molecule has 0 saturated carbocycles. The lowest BCUT2D eigenvalue weighted by molar-refractivity contribution is 0.769. The summed E-state index contributed by atoms with van der Waals surface area (Å²) in [5.74, 6) is 0.699. The molecule has 1 aliphatic rings. The first kappa shape index (κ1) is 38.2. The first-order valence-corrected chi connectivity index (χ1v) is 22.3. The van der Waals surface area contributed by atoms with Crippen LogP contribution in [0, 0.1) is 0 Å². The summed E-state index contributed by atoms with van der Waals surface area (Å²) in [6.45, 7) is 0. The van der Waals surface area contributed by atoms with Crippen LogP contribution in [0.15, 0.2) is 255 Å². The van der Waals surface area contributed by atoms with Gasteiger partial charge in [0.05, 0.1) is 16.8 Å². The zero-order chi connectivity index (χ0) is 43.2. The Balaban J connectivity index is 1.03. The van der Waals surface area contributed by atoms with Crippen LogP contribution in [0.4, 0.5) is 0 Å². The van der Waals surface area contributed by atoms with Crippen LogP contribution >= 0.6 is 0 Å². The van der Waals surface area contributed by atoms with Gasteiger partial charge in [-0.2, -0.15) is 0 Å². The van der Waals surface area contributed by atoms with Crippen molar-refractivity contribution in [1.82, 2.24) is 9.97 Å². The van der Waals surface area contributed by atoms with Crippen molar-refractivity contribution in [2.24, 2.45) is 0 Å². The predicted molar refractivity (Wildman–Crippen MR) is 269 cm³/mol. The second kappa shape index (κ2) is 16.0. The van der Waals surface area contributed by atoms with Crippen molar-refractivity contribution in [2.75, 3.05) is 0 Å². The van der Waals surface area contributed by atoms with Crippen LogP contribution in [0.25, 0.3) is 89.2 Å². The molecule has 304 valence electrons. The van der Waals surface area contributed by atoms with Gasteiger partial charge in [-0.15, -0.1) is 0 Å². The highest BCUT2D eigenvalue weighted by atomic mass is 14.9. The Morgan fingerprint density at radius 2 is 0.631 bits per heavy atom. The lowest BCUT2D eigenvalue weighted by Gasteiger charge is -2.34. The van der Waals surface area contributed by atoms with E-state index in [1.54, 1.807) is 0 Å². The molecule has 0 atom stereocenters. The van der Waals surface area contributed by atoms with Crippen molar-refractivity contribution < 1.29 is 0 Å². The van der Waals surface area contributed by atoms with Crippen molar-refractivity contribution in [3.63, 3.8) is 0 Å². The fraction of sp³-hybridized carbons (Fsp3) is 0.0159. The molecular formula is C63H42N2. The van der Waals surface area contributed by atoms with E-state index in [1.807, 2.05) is 18.2 Å². The molecule has 0 saturated heterocycles. The van der Waals surface area contributed by atoms with Crippen molar-refractivity contribution in [1.29, 1.82) is 0 Å². The topological polar surface area (TPSA) is 25.8 Å². The minimum Gasteiger partial charge on any atom is -0.228 e. The SMILES string of the molecule is c1ccc(-c2ccc(-c3cc(-c4ccc(-c5ccc6c(c5)C(c5ccccc5)(c5ccccc5)c5cc(-c7ccccc7)ccc5-6)c5ccccc45)nc(-c4ccccc4)n3)cc2)cc1. The molecule has 65 heavy (non-hydrogen) atoms. The lowest BCUT2D eigenvalue weighted by Crippen LogP contribution is -2.28. The summed E-state index contributed by atoms with van der Waals surface area (Å²) in [5, 5.41) is 2.31. The molecule has 0 N–H and O–H groups in total. The fourth-order valence-corrected chi connectivity index (χ4v) is 10.2. The molecule has 0 aliphatic heterocycles. The van der Waals surface area contributed by atoms with Crippen LogP contribution in [0.1, 0.15) is 22.3 Å². The van der Waals surface area contributed by atoms with E-state index in [1.165, 1.54) is 72.1 Å². The van der Waals surface area contributed by atoms with E-state index in [0.717, 1.165) is 33.5 Å². The maximum atomic E-state index is 5.29. The first-order chi connectivity index (χ1) is 32.2. The van der Waals surface area contributed by atoms with Crippen LogP contribution in [0.2, 0.25) is 0 Å². The van der Waals surface area contributed by atoms with Crippen molar-refractivity contribution in [3.8, 4) is 78.4 Å². The summed E-state index contributed by atoms with van der Waals surface area (Å²) < 4.78 is 0. The minimum absolute atomic E-state index is 0.547. The summed E-state index contributed by atoms with van der Waals surface area (Å²) in [4.78, 5) is 10.5. The van der Waals surface area contributed by atoms with Crippen molar-refractivity contribution in [3.05, 3.63) is 277 Å². The average Bonchev–Trinajstić information content (AvgIpc) is 3.69. The summed E-state index contributed by atoms with van der Waals surface area (Å²) in [6.07, 6.45) is 0. The minimum atomic E-state index is -0.547. The van der Waals surface area contributed by atoms with Crippen LogP contribution in [-0.2, 0) is 5.41 Å². The molecule has 2 nitrogen and oxygen atoms in total. The van der Waals surface area contributed by atoms with Crippen LogP contribution in [0.5, 0.6) is 0 Å². The largest absolute Gasteiger partial charge is 0.228 e. The Morgan fingerprint density at radius 1 is 0.246 bits per heavy atom. The third-order valence-electron chi connectivity index (χ3n) is 13.2. The number of fused-ring (bicyclic) bond motifs is 4. The first-order valence-electron chi connectivity index (χ1n) is 22.3. The summed E-state index contributed by atoms with van der Waals surface area (Å²) in [7, 11) is 0. The Bertz CT molecular complexity index is 3450.